The van der Waals surface area contributed by atoms with Crippen LogP contribution >= 0.6 is 0 Å². The fourth-order valence-corrected chi connectivity index (χ4v) is 1.38. The molecule has 0 radical (unpaired) electrons. The third-order valence-corrected chi connectivity index (χ3v) is 2.14. The predicted octanol–water partition coefficient (Wildman–Crippen LogP) is 3.03. The third kappa shape index (κ3) is 2.90. The minimum atomic E-state index is 0.414. The quantitative estimate of drug-likeness (QED) is 0.429. The second kappa shape index (κ2) is 4.65. The topological polar surface area (TPSA) is 32.6 Å². The maximum Gasteiger partial charge on any atom is 0.0546 e. The Kier molecular flexibility index (Phi) is 3.50. The Morgan fingerprint density at radius 1 is 1.38 bits per heavy atom. The number of benzene rings is 1. The molecule has 2 heteroatoms. The van der Waals surface area contributed by atoms with Gasteiger partial charge in [0.1, 0.15) is 0 Å². The van der Waals surface area contributed by atoms with Crippen LogP contribution in [0.25, 0.3) is 0 Å². The van der Waals surface area contributed by atoms with Gasteiger partial charge in [0, 0.05) is 0 Å². The minimum absolute atomic E-state index is 0.414. The fourth-order valence-electron chi connectivity index (χ4n) is 1.38. The third-order valence-electron chi connectivity index (χ3n) is 2.14. The zero-order chi connectivity index (χ0) is 9.68. The molecule has 1 atom stereocenters. The molecule has 1 N–H and O–H groups in total. The Labute approximate surface area is 78.9 Å². The molecule has 1 unspecified atom stereocenters. The van der Waals surface area contributed by atoms with Gasteiger partial charge in [-0.2, -0.15) is 0 Å². The first kappa shape index (κ1) is 9.78. The molecule has 0 aliphatic rings. The highest BCUT2D eigenvalue weighted by Crippen LogP contribution is 2.18. The molecule has 0 aromatic heterocycles. The van der Waals surface area contributed by atoms with Crippen LogP contribution in [0, 0.1) is 0 Å². The molecule has 70 valence electrons. The molecule has 1 rings (SSSR count). The van der Waals surface area contributed by atoms with Gasteiger partial charge in [0.15, 0.2) is 0 Å². The zero-order valence-electron chi connectivity index (χ0n) is 8.07. The summed E-state index contributed by atoms with van der Waals surface area (Å²) in [4.78, 5) is 0. The van der Waals surface area contributed by atoms with E-state index in [9.17, 15) is 0 Å². The van der Waals surface area contributed by atoms with Crippen LogP contribution in [0.4, 0.5) is 0 Å². The number of rotatable bonds is 3. The molecule has 0 fully saturated rings. The highest BCUT2D eigenvalue weighted by molar-refractivity contribution is 5.81. The highest BCUT2D eigenvalue weighted by Gasteiger charge is 2.05. The average Bonchev–Trinajstić information content (AvgIpc) is 2.19. The molecule has 0 saturated carbocycles. The lowest BCUT2D eigenvalue weighted by Gasteiger charge is -2.09. The van der Waals surface area contributed by atoms with E-state index in [0.717, 1.165) is 12.1 Å². The van der Waals surface area contributed by atoms with E-state index >= 15 is 0 Å². The Morgan fingerprint density at radius 3 is 2.54 bits per heavy atom. The second-order valence-electron chi connectivity index (χ2n) is 3.35. The van der Waals surface area contributed by atoms with Crippen molar-refractivity contribution in [2.75, 3.05) is 0 Å². The monoisotopic (exact) mass is 177 g/mol. The molecule has 13 heavy (non-hydrogen) atoms. The lowest BCUT2D eigenvalue weighted by atomic mass is 9.96. The largest absolute Gasteiger partial charge is 0.411 e. The molecular formula is C11H15NO. The number of nitrogens with zero attached hydrogens (tertiary/aromatic N) is 1. The molecule has 0 heterocycles. The van der Waals surface area contributed by atoms with Crippen LogP contribution in [0.3, 0.4) is 0 Å². The van der Waals surface area contributed by atoms with Crippen molar-refractivity contribution in [1.29, 1.82) is 0 Å². The van der Waals surface area contributed by atoms with Crippen molar-refractivity contribution in [1.82, 2.24) is 0 Å². The van der Waals surface area contributed by atoms with E-state index in [2.05, 4.69) is 24.2 Å². The Morgan fingerprint density at radius 2 is 2.00 bits per heavy atom. The minimum Gasteiger partial charge on any atom is -0.411 e. The SMILES string of the molecule is CC(CC(C)c1ccccc1)=NO. The first-order valence-corrected chi connectivity index (χ1v) is 4.46. The molecule has 0 aliphatic carbocycles. The molecule has 0 amide bonds. The average molecular weight is 177 g/mol. The van der Waals surface area contributed by atoms with Crippen LogP contribution < -0.4 is 0 Å². The van der Waals surface area contributed by atoms with Gasteiger partial charge in [-0.1, -0.05) is 42.4 Å². The fraction of sp³-hybridized carbons (Fsp3) is 0.364. The molecule has 1 aromatic carbocycles. The summed E-state index contributed by atoms with van der Waals surface area (Å²) in [6.07, 6.45) is 0.806. The van der Waals surface area contributed by atoms with Gasteiger partial charge in [-0.25, -0.2) is 0 Å². The van der Waals surface area contributed by atoms with Gasteiger partial charge < -0.3 is 5.21 Å². The Hall–Kier alpha value is -1.31. The molecule has 1 aromatic rings. The standard InChI is InChI=1S/C11H15NO/c1-9(8-10(2)12-13)11-6-4-3-5-7-11/h3-7,9,13H,8H2,1-2H3. The van der Waals surface area contributed by atoms with Gasteiger partial charge in [-0.3, -0.25) is 0 Å². The number of hydrogen-bond donors (Lipinski definition) is 1. The Balaban J connectivity index is 2.64. The molecule has 0 saturated heterocycles. The van der Waals surface area contributed by atoms with Gasteiger partial charge in [0.05, 0.1) is 5.71 Å². The van der Waals surface area contributed by atoms with Crippen molar-refractivity contribution >= 4 is 5.71 Å². The van der Waals surface area contributed by atoms with Crippen molar-refractivity contribution < 1.29 is 5.21 Å². The maximum absolute atomic E-state index is 8.52. The van der Waals surface area contributed by atoms with E-state index in [1.807, 2.05) is 25.1 Å². The van der Waals surface area contributed by atoms with Crippen molar-refractivity contribution in [3.05, 3.63) is 35.9 Å². The highest BCUT2D eigenvalue weighted by atomic mass is 16.4. The summed E-state index contributed by atoms with van der Waals surface area (Å²) in [5.41, 5.74) is 2.06. The van der Waals surface area contributed by atoms with Gasteiger partial charge in [-0.15, -0.1) is 0 Å². The van der Waals surface area contributed by atoms with Crippen LogP contribution in [0.5, 0.6) is 0 Å². The van der Waals surface area contributed by atoms with E-state index in [1.165, 1.54) is 5.56 Å². The summed E-state index contributed by atoms with van der Waals surface area (Å²) in [5, 5.41) is 11.7. The van der Waals surface area contributed by atoms with Gasteiger partial charge in [0.25, 0.3) is 0 Å². The summed E-state index contributed by atoms with van der Waals surface area (Å²) in [6, 6.07) is 10.2. The van der Waals surface area contributed by atoms with Crippen molar-refractivity contribution in [3.63, 3.8) is 0 Å². The van der Waals surface area contributed by atoms with Crippen molar-refractivity contribution in [3.8, 4) is 0 Å². The van der Waals surface area contributed by atoms with Crippen molar-refractivity contribution in [2.45, 2.75) is 26.2 Å². The van der Waals surface area contributed by atoms with E-state index < -0.39 is 0 Å². The van der Waals surface area contributed by atoms with Crippen LogP contribution in [0.15, 0.2) is 35.5 Å². The van der Waals surface area contributed by atoms with Crippen LogP contribution in [-0.4, -0.2) is 10.9 Å². The molecule has 0 aliphatic heterocycles. The molecular weight excluding hydrogens is 162 g/mol. The van der Waals surface area contributed by atoms with E-state index in [0.29, 0.717) is 5.92 Å². The van der Waals surface area contributed by atoms with Gasteiger partial charge in [0.2, 0.25) is 0 Å². The maximum atomic E-state index is 8.52. The van der Waals surface area contributed by atoms with Crippen LogP contribution in [0.2, 0.25) is 0 Å². The molecule has 0 spiro atoms. The molecule has 2 nitrogen and oxygen atoms in total. The lowest BCUT2D eigenvalue weighted by molar-refractivity contribution is 0.317. The number of hydrogen-bond acceptors (Lipinski definition) is 2. The smallest absolute Gasteiger partial charge is 0.0546 e. The van der Waals surface area contributed by atoms with Gasteiger partial charge >= 0.3 is 0 Å². The first-order valence-electron chi connectivity index (χ1n) is 4.46. The summed E-state index contributed by atoms with van der Waals surface area (Å²) in [6.45, 7) is 3.96. The van der Waals surface area contributed by atoms with Crippen molar-refractivity contribution in [2.24, 2.45) is 5.16 Å². The summed E-state index contributed by atoms with van der Waals surface area (Å²) >= 11 is 0. The van der Waals surface area contributed by atoms with E-state index in [4.69, 9.17) is 5.21 Å². The summed E-state index contributed by atoms with van der Waals surface area (Å²) < 4.78 is 0. The van der Waals surface area contributed by atoms with Crippen LogP contribution in [0.1, 0.15) is 31.7 Å². The van der Waals surface area contributed by atoms with E-state index in [-0.39, 0.29) is 0 Å². The number of oxime groups is 1. The zero-order valence-corrected chi connectivity index (χ0v) is 8.07. The second-order valence-corrected chi connectivity index (χ2v) is 3.35. The van der Waals surface area contributed by atoms with E-state index in [1.54, 1.807) is 0 Å². The Bertz CT molecular complexity index is 279. The summed E-state index contributed by atoms with van der Waals surface area (Å²) in [7, 11) is 0. The molecule has 0 bridgehead atoms. The first-order chi connectivity index (χ1) is 6.24. The van der Waals surface area contributed by atoms with Crippen LogP contribution in [-0.2, 0) is 0 Å². The van der Waals surface area contributed by atoms with Gasteiger partial charge in [-0.05, 0) is 24.8 Å². The lowest BCUT2D eigenvalue weighted by Crippen LogP contribution is -2.00. The predicted molar refractivity (Wildman–Crippen MR) is 54.4 cm³/mol. The summed E-state index contributed by atoms with van der Waals surface area (Å²) in [5.74, 6) is 0.414. The normalized spacial score (nSPS) is 14.2.